The van der Waals surface area contributed by atoms with Gasteiger partial charge in [-0.1, -0.05) is 6.07 Å². The Morgan fingerprint density at radius 2 is 2.12 bits per heavy atom. The van der Waals surface area contributed by atoms with Crippen LogP contribution in [0.25, 0.3) is 6.08 Å². The van der Waals surface area contributed by atoms with Crippen molar-refractivity contribution in [1.82, 2.24) is 10.2 Å². The quantitative estimate of drug-likeness (QED) is 0.461. The second-order valence-electron chi connectivity index (χ2n) is 3.56. The molecule has 1 saturated heterocycles. The summed E-state index contributed by atoms with van der Waals surface area (Å²) in [5.41, 5.74) is 0.977. The summed E-state index contributed by atoms with van der Waals surface area (Å²) in [7, 11) is 1.42. The zero-order valence-corrected chi connectivity index (χ0v) is 11.1. The molecule has 0 aromatic heterocycles. The van der Waals surface area contributed by atoms with Crippen LogP contribution in [0, 0.1) is 3.57 Å². The number of nitrogens with zero attached hydrogens (tertiary/aromatic N) is 1. The van der Waals surface area contributed by atoms with Gasteiger partial charge in [-0.05, 0) is 46.4 Å². The fourth-order valence-corrected chi connectivity index (χ4v) is 1.94. The molecule has 0 radical (unpaired) electrons. The molecule has 2 N–H and O–H groups in total. The Bertz CT molecular complexity index is 540. The number of phenolic OH excluding ortho intramolecular Hbond substituents is 1. The number of aromatic hydroxyl groups is 1. The van der Waals surface area contributed by atoms with Crippen LogP contribution in [-0.4, -0.2) is 29.0 Å². The van der Waals surface area contributed by atoms with Crippen LogP contribution in [0.15, 0.2) is 23.9 Å². The van der Waals surface area contributed by atoms with E-state index in [0.29, 0.717) is 3.57 Å². The van der Waals surface area contributed by atoms with Gasteiger partial charge in [0.2, 0.25) is 0 Å². The van der Waals surface area contributed by atoms with Crippen LogP contribution in [0.2, 0.25) is 0 Å². The van der Waals surface area contributed by atoms with Gasteiger partial charge in [-0.15, -0.1) is 0 Å². The van der Waals surface area contributed by atoms with Crippen LogP contribution in [0.3, 0.4) is 0 Å². The summed E-state index contributed by atoms with van der Waals surface area (Å²) in [4.78, 5) is 23.8. The van der Waals surface area contributed by atoms with Crippen LogP contribution in [0.1, 0.15) is 5.56 Å². The van der Waals surface area contributed by atoms with Crippen molar-refractivity contribution in [1.29, 1.82) is 0 Å². The third kappa shape index (κ3) is 2.26. The predicted molar refractivity (Wildman–Crippen MR) is 70.1 cm³/mol. The minimum Gasteiger partial charge on any atom is -0.507 e. The topological polar surface area (TPSA) is 69.6 Å². The molecule has 1 aromatic rings. The molecule has 6 heteroatoms. The smallest absolute Gasteiger partial charge is 0.328 e. The Balaban J connectivity index is 2.34. The molecule has 1 aliphatic rings. The fraction of sp³-hybridized carbons (Fsp3) is 0.0909. The standard InChI is InChI=1S/C11H9IN2O3/c1-14-10(16)8(13-11(14)17)5-6-2-3-9(15)7(12)4-6/h2-5,15H,1H3,(H,13,17)/b8-5+. The summed E-state index contributed by atoms with van der Waals surface area (Å²) in [6, 6.07) is 4.50. The number of carbonyl (C=O) groups excluding carboxylic acids is 2. The minimum atomic E-state index is -0.435. The normalized spacial score (nSPS) is 17.8. The molecule has 1 aliphatic heterocycles. The molecule has 5 nitrogen and oxygen atoms in total. The molecule has 2 rings (SSSR count). The third-order valence-corrected chi connectivity index (χ3v) is 3.23. The van der Waals surface area contributed by atoms with E-state index in [2.05, 4.69) is 5.32 Å². The summed E-state index contributed by atoms with van der Waals surface area (Å²) < 4.78 is 0.682. The lowest BCUT2D eigenvalue weighted by Crippen LogP contribution is -2.25. The number of benzene rings is 1. The van der Waals surface area contributed by atoms with E-state index in [1.165, 1.54) is 7.05 Å². The van der Waals surface area contributed by atoms with Crippen molar-refractivity contribution in [3.05, 3.63) is 33.0 Å². The van der Waals surface area contributed by atoms with E-state index < -0.39 is 6.03 Å². The van der Waals surface area contributed by atoms with Gasteiger partial charge in [0.15, 0.2) is 0 Å². The highest BCUT2D eigenvalue weighted by molar-refractivity contribution is 14.1. The molecule has 0 spiro atoms. The molecule has 1 fully saturated rings. The Hall–Kier alpha value is -1.57. The molecule has 1 heterocycles. The van der Waals surface area contributed by atoms with Crippen LogP contribution < -0.4 is 5.32 Å². The molecular weight excluding hydrogens is 335 g/mol. The number of carbonyl (C=O) groups is 2. The van der Waals surface area contributed by atoms with Crippen molar-refractivity contribution in [2.75, 3.05) is 7.05 Å². The molecular formula is C11H9IN2O3. The second-order valence-corrected chi connectivity index (χ2v) is 4.73. The van der Waals surface area contributed by atoms with Crippen LogP contribution in [-0.2, 0) is 4.79 Å². The molecule has 0 saturated carbocycles. The average molecular weight is 344 g/mol. The zero-order valence-electron chi connectivity index (χ0n) is 8.90. The summed E-state index contributed by atoms with van der Waals surface area (Å²) in [5, 5.41) is 11.8. The molecule has 0 aliphatic carbocycles. The van der Waals surface area contributed by atoms with Crippen LogP contribution in [0.5, 0.6) is 5.75 Å². The monoisotopic (exact) mass is 344 g/mol. The lowest BCUT2D eigenvalue weighted by Gasteiger charge is -2.00. The number of halogens is 1. The Labute approximate surface area is 111 Å². The third-order valence-electron chi connectivity index (χ3n) is 2.36. The highest BCUT2D eigenvalue weighted by Crippen LogP contribution is 2.22. The number of hydrogen-bond donors (Lipinski definition) is 2. The summed E-state index contributed by atoms with van der Waals surface area (Å²) in [5.74, 6) is -0.176. The van der Waals surface area contributed by atoms with Crippen molar-refractivity contribution >= 4 is 40.6 Å². The van der Waals surface area contributed by atoms with Gasteiger partial charge in [-0.3, -0.25) is 9.69 Å². The van der Waals surface area contributed by atoms with Crippen molar-refractivity contribution in [3.8, 4) is 5.75 Å². The fourth-order valence-electron chi connectivity index (χ4n) is 1.40. The SMILES string of the molecule is CN1C(=O)N/C(=C/c2ccc(O)c(I)c2)C1=O. The zero-order chi connectivity index (χ0) is 12.6. The number of amides is 3. The molecule has 0 atom stereocenters. The first-order valence-corrected chi connectivity index (χ1v) is 5.86. The number of phenols is 1. The van der Waals surface area contributed by atoms with Gasteiger partial charge in [-0.2, -0.15) is 0 Å². The van der Waals surface area contributed by atoms with Gasteiger partial charge >= 0.3 is 6.03 Å². The van der Waals surface area contributed by atoms with E-state index in [-0.39, 0.29) is 17.4 Å². The highest BCUT2D eigenvalue weighted by Gasteiger charge is 2.29. The number of rotatable bonds is 1. The van der Waals surface area contributed by atoms with E-state index >= 15 is 0 Å². The number of urea groups is 1. The molecule has 0 bridgehead atoms. The van der Waals surface area contributed by atoms with E-state index in [4.69, 9.17) is 0 Å². The van der Waals surface area contributed by atoms with E-state index in [0.717, 1.165) is 10.5 Å². The number of likely N-dealkylation sites (N-methyl/N-ethyl adjacent to an activating group) is 1. The molecule has 3 amide bonds. The van der Waals surface area contributed by atoms with Gasteiger partial charge < -0.3 is 10.4 Å². The Kier molecular flexibility index (Phi) is 3.05. The summed E-state index contributed by atoms with van der Waals surface area (Å²) in [6.45, 7) is 0. The van der Waals surface area contributed by atoms with Crippen molar-refractivity contribution in [2.45, 2.75) is 0 Å². The Morgan fingerprint density at radius 3 is 2.65 bits per heavy atom. The van der Waals surface area contributed by atoms with Gasteiger partial charge in [-0.25, -0.2) is 4.79 Å². The highest BCUT2D eigenvalue weighted by atomic mass is 127. The van der Waals surface area contributed by atoms with Crippen molar-refractivity contribution < 1.29 is 14.7 Å². The molecule has 88 valence electrons. The van der Waals surface area contributed by atoms with E-state index in [1.807, 2.05) is 22.6 Å². The first kappa shape index (κ1) is 11.9. The molecule has 0 unspecified atom stereocenters. The number of nitrogens with one attached hydrogen (secondary N) is 1. The number of hydrogen-bond acceptors (Lipinski definition) is 3. The summed E-state index contributed by atoms with van der Waals surface area (Å²) >= 11 is 1.99. The largest absolute Gasteiger partial charge is 0.507 e. The maximum absolute atomic E-state index is 11.6. The lowest BCUT2D eigenvalue weighted by molar-refractivity contribution is -0.121. The second kappa shape index (κ2) is 4.36. The maximum Gasteiger partial charge on any atom is 0.328 e. The molecule has 1 aromatic carbocycles. The van der Waals surface area contributed by atoms with E-state index in [1.54, 1.807) is 24.3 Å². The van der Waals surface area contributed by atoms with Gasteiger partial charge in [0.25, 0.3) is 5.91 Å². The van der Waals surface area contributed by atoms with Crippen LogP contribution in [0.4, 0.5) is 4.79 Å². The van der Waals surface area contributed by atoms with E-state index in [9.17, 15) is 14.7 Å². The Morgan fingerprint density at radius 1 is 1.41 bits per heavy atom. The van der Waals surface area contributed by atoms with Gasteiger partial charge in [0, 0.05) is 7.05 Å². The van der Waals surface area contributed by atoms with Crippen molar-refractivity contribution in [3.63, 3.8) is 0 Å². The summed E-state index contributed by atoms with van der Waals surface area (Å²) in [6.07, 6.45) is 1.57. The average Bonchev–Trinajstić information content (AvgIpc) is 2.52. The number of imide groups is 1. The predicted octanol–water partition coefficient (Wildman–Crippen LogP) is 1.52. The van der Waals surface area contributed by atoms with Gasteiger partial charge in [0.1, 0.15) is 11.4 Å². The van der Waals surface area contributed by atoms with Gasteiger partial charge in [0.05, 0.1) is 3.57 Å². The molecule has 17 heavy (non-hydrogen) atoms. The first-order valence-electron chi connectivity index (χ1n) is 4.78. The first-order chi connectivity index (χ1) is 7.99. The van der Waals surface area contributed by atoms with Crippen molar-refractivity contribution in [2.24, 2.45) is 0 Å². The lowest BCUT2D eigenvalue weighted by atomic mass is 10.2. The minimum absolute atomic E-state index is 0.187. The maximum atomic E-state index is 11.6. The van der Waals surface area contributed by atoms with Crippen LogP contribution >= 0.6 is 22.6 Å².